The fourth-order valence-electron chi connectivity index (χ4n) is 1.68. The van der Waals surface area contributed by atoms with E-state index in [2.05, 4.69) is 17.0 Å². The van der Waals surface area contributed by atoms with Gasteiger partial charge in [0, 0.05) is 18.5 Å². The highest BCUT2D eigenvalue weighted by Crippen LogP contribution is 2.23. The number of nitrogens with two attached hydrogens (primary N) is 1. The minimum absolute atomic E-state index is 0.0783. The SMILES string of the molecule is CN(C)Cc1cccc(C(C)(CN)CO)c1. The molecule has 1 atom stereocenters. The number of benzene rings is 1. The third-order valence-electron chi connectivity index (χ3n) is 2.92. The smallest absolute Gasteiger partial charge is 0.0537 e. The van der Waals surface area contributed by atoms with Crippen LogP contribution in [-0.2, 0) is 12.0 Å². The Balaban J connectivity index is 2.97. The Hall–Kier alpha value is -0.900. The number of nitrogens with zero attached hydrogens (tertiary/aromatic N) is 1. The standard InChI is InChI=1S/C13H22N2O/c1-13(9-14,10-16)12-6-4-5-11(7-12)8-15(2)3/h4-7,16H,8-10,14H2,1-3H3. The summed E-state index contributed by atoms with van der Waals surface area (Å²) in [4.78, 5) is 2.12. The minimum atomic E-state index is -0.331. The van der Waals surface area contributed by atoms with Gasteiger partial charge in [-0.1, -0.05) is 31.2 Å². The van der Waals surface area contributed by atoms with Crippen molar-refractivity contribution in [2.24, 2.45) is 5.73 Å². The van der Waals surface area contributed by atoms with Gasteiger partial charge >= 0.3 is 0 Å². The van der Waals surface area contributed by atoms with Crippen molar-refractivity contribution in [2.45, 2.75) is 18.9 Å². The second-order valence-corrected chi connectivity index (χ2v) is 4.86. The van der Waals surface area contributed by atoms with Crippen molar-refractivity contribution in [3.8, 4) is 0 Å². The molecule has 0 aliphatic rings. The van der Waals surface area contributed by atoms with Crippen molar-refractivity contribution < 1.29 is 5.11 Å². The van der Waals surface area contributed by atoms with Crippen LogP contribution < -0.4 is 5.73 Å². The summed E-state index contributed by atoms with van der Waals surface area (Å²) < 4.78 is 0. The largest absolute Gasteiger partial charge is 0.395 e. The van der Waals surface area contributed by atoms with E-state index in [1.54, 1.807) is 0 Å². The molecule has 0 aromatic heterocycles. The van der Waals surface area contributed by atoms with Crippen LogP contribution >= 0.6 is 0 Å². The van der Waals surface area contributed by atoms with Gasteiger partial charge < -0.3 is 15.7 Å². The summed E-state index contributed by atoms with van der Waals surface area (Å²) in [7, 11) is 4.09. The van der Waals surface area contributed by atoms with Crippen molar-refractivity contribution in [3.05, 3.63) is 35.4 Å². The first-order valence-corrected chi connectivity index (χ1v) is 5.57. The summed E-state index contributed by atoms with van der Waals surface area (Å²) in [6, 6.07) is 8.28. The summed E-state index contributed by atoms with van der Waals surface area (Å²) in [6.07, 6.45) is 0. The molecule has 90 valence electrons. The lowest BCUT2D eigenvalue weighted by Gasteiger charge is -2.26. The molecule has 0 aliphatic carbocycles. The van der Waals surface area contributed by atoms with Crippen molar-refractivity contribution in [3.63, 3.8) is 0 Å². The molecule has 0 fully saturated rings. The van der Waals surface area contributed by atoms with Gasteiger partial charge in [-0.15, -0.1) is 0 Å². The molecule has 0 spiro atoms. The van der Waals surface area contributed by atoms with Crippen LogP contribution in [-0.4, -0.2) is 37.3 Å². The molecule has 1 rings (SSSR count). The van der Waals surface area contributed by atoms with E-state index >= 15 is 0 Å². The molecule has 1 unspecified atom stereocenters. The third kappa shape index (κ3) is 3.04. The number of hydrogen-bond donors (Lipinski definition) is 2. The van der Waals surface area contributed by atoms with Gasteiger partial charge in [-0.2, -0.15) is 0 Å². The average Bonchev–Trinajstić information content (AvgIpc) is 2.27. The zero-order valence-corrected chi connectivity index (χ0v) is 10.4. The maximum Gasteiger partial charge on any atom is 0.0537 e. The van der Waals surface area contributed by atoms with Crippen LogP contribution in [0.15, 0.2) is 24.3 Å². The van der Waals surface area contributed by atoms with Crippen molar-refractivity contribution in [1.29, 1.82) is 0 Å². The molecule has 0 bridgehead atoms. The number of aliphatic hydroxyl groups is 1. The third-order valence-corrected chi connectivity index (χ3v) is 2.92. The first-order valence-electron chi connectivity index (χ1n) is 5.57. The molecular weight excluding hydrogens is 200 g/mol. The van der Waals surface area contributed by atoms with E-state index < -0.39 is 0 Å². The van der Waals surface area contributed by atoms with E-state index in [9.17, 15) is 5.11 Å². The summed E-state index contributed by atoms with van der Waals surface area (Å²) in [5.74, 6) is 0. The first kappa shape index (κ1) is 13.2. The fraction of sp³-hybridized carbons (Fsp3) is 0.538. The Labute approximate surface area is 97.9 Å². The van der Waals surface area contributed by atoms with Crippen LogP contribution in [0.2, 0.25) is 0 Å². The summed E-state index contributed by atoms with van der Waals surface area (Å²) in [5.41, 5.74) is 7.75. The van der Waals surface area contributed by atoms with E-state index in [0.29, 0.717) is 6.54 Å². The Kier molecular flexibility index (Phi) is 4.47. The molecule has 0 heterocycles. The van der Waals surface area contributed by atoms with Crippen LogP contribution in [0.5, 0.6) is 0 Å². The highest BCUT2D eigenvalue weighted by atomic mass is 16.3. The number of aliphatic hydroxyl groups excluding tert-OH is 1. The summed E-state index contributed by atoms with van der Waals surface area (Å²) in [5, 5.41) is 9.42. The topological polar surface area (TPSA) is 49.5 Å². The van der Waals surface area contributed by atoms with Crippen molar-refractivity contribution in [2.75, 3.05) is 27.2 Å². The lowest BCUT2D eigenvalue weighted by atomic mass is 9.83. The maximum atomic E-state index is 9.42. The monoisotopic (exact) mass is 222 g/mol. The van der Waals surface area contributed by atoms with Crippen LogP contribution in [0.3, 0.4) is 0 Å². The Morgan fingerprint density at radius 1 is 1.38 bits per heavy atom. The van der Waals surface area contributed by atoms with Gasteiger partial charge in [0.25, 0.3) is 0 Å². The predicted octanol–water partition coefficient (Wildman–Crippen LogP) is 0.957. The van der Waals surface area contributed by atoms with Crippen LogP contribution in [0.1, 0.15) is 18.1 Å². The zero-order valence-electron chi connectivity index (χ0n) is 10.4. The van der Waals surface area contributed by atoms with E-state index in [1.165, 1.54) is 5.56 Å². The molecule has 0 amide bonds. The Morgan fingerprint density at radius 3 is 2.56 bits per heavy atom. The predicted molar refractivity (Wildman–Crippen MR) is 67.3 cm³/mol. The second kappa shape index (κ2) is 5.43. The van der Waals surface area contributed by atoms with Gasteiger partial charge in [-0.3, -0.25) is 0 Å². The summed E-state index contributed by atoms with van der Waals surface area (Å²) >= 11 is 0. The number of rotatable bonds is 5. The van der Waals surface area contributed by atoms with E-state index in [1.807, 2.05) is 33.2 Å². The molecule has 0 radical (unpaired) electrons. The van der Waals surface area contributed by atoms with Gasteiger partial charge in [-0.05, 0) is 25.2 Å². The van der Waals surface area contributed by atoms with Gasteiger partial charge in [0.05, 0.1) is 6.61 Å². The highest BCUT2D eigenvalue weighted by molar-refractivity contribution is 5.30. The molecule has 0 aliphatic heterocycles. The second-order valence-electron chi connectivity index (χ2n) is 4.86. The Morgan fingerprint density at radius 2 is 2.06 bits per heavy atom. The quantitative estimate of drug-likeness (QED) is 0.780. The summed E-state index contributed by atoms with van der Waals surface area (Å²) in [6.45, 7) is 3.42. The Bertz CT molecular complexity index is 332. The van der Waals surface area contributed by atoms with E-state index in [0.717, 1.165) is 12.1 Å². The molecule has 3 heteroatoms. The molecule has 3 nitrogen and oxygen atoms in total. The highest BCUT2D eigenvalue weighted by Gasteiger charge is 2.23. The lowest BCUT2D eigenvalue weighted by molar-refractivity contribution is 0.210. The molecule has 0 saturated carbocycles. The average molecular weight is 222 g/mol. The normalized spacial score (nSPS) is 15.1. The van der Waals surface area contributed by atoms with Crippen molar-refractivity contribution in [1.82, 2.24) is 4.90 Å². The van der Waals surface area contributed by atoms with Crippen molar-refractivity contribution >= 4 is 0 Å². The zero-order chi connectivity index (χ0) is 12.2. The fourth-order valence-corrected chi connectivity index (χ4v) is 1.68. The molecule has 1 aromatic carbocycles. The molecular formula is C13H22N2O. The molecule has 16 heavy (non-hydrogen) atoms. The molecule has 1 aromatic rings. The van der Waals surface area contributed by atoms with Crippen LogP contribution in [0, 0.1) is 0 Å². The minimum Gasteiger partial charge on any atom is -0.395 e. The van der Waals surface area contributed by atoms with E-state index in [-0.39, 0.29) is 12.0 Å². The van der Waals surface area contributed by atoms with Gasteiger partial charge in [0.2, 0.25) is 0 Å². The maximum absolute atomic E-state index is 9.42. The number of hydrogen-bond acceptors (Lipinski definition) is 3. The molecule has 3 N–H and O–H groups in total. The lowest BCUT2D eigenvalue weighted by Crippen LogP contribution is -2.35. The van der Waals surface area contributed by atoms with Crippen LogP contribution in [0.25, 0.3) is 0 Å². The van der Waals surface area contributed by atoms with E-state index in [4.69, 9.17) is 5.73 Å². The van der Waals surface area contributed by atoms with Crippen LogP contribution in [0.4, 0.5) is 0 Å². The van der Waals surface area contributed by atoms with Gasteiger partial charge in [-0.25, -0.2) is 0 Å². The molecule has 0 saturated heterocycles. The van der Waals surface area contributed by atoms with Gasteiger partial charge in [0.15, 0.2) is 0 Å². The van der Waals surface area contributed by atoms with Gasteiger partial charge in [0.1, 0.15) is 0 Å². The first-order chi connectivity index (χ1) is 7.51.